The van der Waals surface area contributed by atoms with Crippen LogP contribution in [0.5, 0.6) is 0 Å². The number of hydrogen-bond acceptors (Lipinski definition) is 5. The second kappa shape index (κ2) is 11.4. The molecule has 0 aliphatic carbocycles. The van der Waals surface area contributed by atoms with Gasteiger partial charge in [-0.1, -0.05) is 25.1 Å². The molecule has 0 atom stereocenters. The normalized spacial score (nSPS) is 13.8. The number of amides is 4. The number of para-hydroxylation sites is 1. The van der Waals surface area contributed by atoms with Crippen LogP contribution in [0, 0.1) is 0 Å². The summed E-state index contributed by atoms with van der Waals surface area (Å²) >= 11 is 0. The Kier molecular flexibility index (Phi) is 8.37. The van der Waals surface area contributed by atoms with Gasteiger partial charge in [0.2, 0.25) is 17.7 Å². The standard InChI is InChI=1S/C25H31N5O4/c1-4-19-7-5-6-8-23(19)28-24(33)16-29-9-11-30(12-10-29)25(34)20-13-21(26-17(2)31)15-22(14-20)27-18(3)32/h5-8,13-15H,4,9-12,16H2,1-3H3,(H,26,31)(H,27,32)(H,28,33). The molecule has 9 heteroatoms. The van der Waals surface area contributed by atoms with Gasteiger partial charge in [0.1, 0.15) is 0 Å². The first-order valence-corrected chi connectivity index (χ1v) is 11.3. The van der Waals surface area contributed by atoms with Crippen LogP contribution in [0.15, 0.2) is 42.5 Å². The average Bonchev–Trinajstić information content (AvgIpc) is 2.78. The number of nitrogens with one attached hydrogen (secondary N) is 3. The van der Waals surface area contributed by atoms with E-state index in [4.69, 9.17) is 0 Å². The Morgan fingerprint density at radius 1 is 0.824 bits per heavy atom. The van der Waals surface area contributed by atoms with Gasteiger partial charge >= 0.3 is 0 Å². The van der Waals surface area contributed by atoms with Gasteiger partial charge in [0, 0.05) is 62.7 Å². The van der Waals surface area contributed by atoms with Gasteiger partial charge in [0.05, 0.1) is 6.54 Å². The lowest BCUT2D eigenvalue weighted by Crippen LogP contribution is -2.50. The number of nitrogens with zero attached hydrogens (tertiary/aromatic N) is 2. The molecule has 180 valence electrons. The van der Waals surface area contributed by atoms with Crippen molar-refractivity contribution in [3.05, 3.63) is 53.6 Å². The quantitative estimate of drug-likeness (QED) is 0.582. The zero-order valence-electron chi connectivity index (χ0n) is 19.8. The van der Waals surface area contributed by atoms with Crippen LogP contribution >= 0.6 is 0 Å². The van der Waals surface area contributed by atoms with Gasteiger partial charge in [-0.15, -0.1) is 0 Å². The van der Waals surface area contributed by atoms with Crippen molar-refractivity contribution in [2.75, 3.05) is 48.7 Å². The maximum Gasteiger partial charge on any atom is 0.254 e. The third kappa shape index (κ3) is 6.89. The van der Waals surface area contributed by atoms with Crippen LogP contribution in [0.25, 0.3) is 0 Å². The number of piperazine rings is 1. The highest BCUT2D eigenvalue weighted by Gasteiger charge is 2.24. The summed E-state index contributed by atoms with van der Waals surface area (Å²) in [5.74, 6) is -0.818. The number of carbonyl (C=O) groups excluding carboxylic acids is 4. The van der Waals surface area contributed by atoms with E-state index < -0.39 is 0 Å². The van der Waals surface area contributed by atoms with Crippen LogP contribution in [0.1, 0.15) is 36.7 Å². The zero-order valence-corrected chi connectivity index (χ0v) is 19.8. The fourth-order valence-electron chi connectivity index (χ4n) is 3.94. The Morgan fingerprint density at radius 2 is 1.41 bits per heavy atom. The summed E-state index contributed by atoms with van der Waals surface area (Å²) in [6, 6.07) is 12.6. The monoisotopic (exact) mass is 465 g/mol. The van der Waals surface area contributed by atoms with E-state index in [9.17, 15) is 19.2 Å². The number of aryl methyl sites for hydroxylation is 1. The van der Waals surface area contributed by atoms with Crippen molar-refractivity contribution in [1.82, 2.24) is 9.80 Å². The highest BCUT2D eigenvalue weighted by Crippen LogP contribution is 2.21. The van der Waals surface area contributed by atoms with Crippen LogP contribution < -0.4 is 16.0 Å². The first-order valence-electron chi connectivity index (χ1n) is 11.3. The summed E-state index contributed by atoms with van der Waals surface area (Å²) in [7, 11) is 0. The molecular weight excluding hydrogens is 434 g/mol. The predicted octanol–water partition coefficient (Wildman–Crippen LogP) is 2.56. The molecule has 4 amide bonds. The van der Waals surface area contributed by atoms with Crippen LogP contribution in [-0.4, -0.2) is 66.2 Å². The van der Waals surface area contributed by atoms with E-state index in [-0.39, 0.29) is 30.2 Å². The van der Waals surface area contributed by atoms with E-state index in [0.29, 0.717) is 43.1 Å². The molecule has 1 saturated heterocycles. The molecule has 0 saturated carbocycles. The molecule has 0 aromatic heterocycles. The Balaban J connectivity index is 1.60. The molecule has 0 bridgehead atoms. The summed E-state index contributed by atoms with van der Waals surface area (Å²) < 4.78 is 0. The molecule has 0 unspecified atom stereocenters. The van der Waals surface area contributed by atoms with Gasteiger partial charge in [-0.3, -0.25) is 24.1 Å². The van der Waals surface area contributed by atoms with Crippen molar-refractivity contribution < 1.29 is 19.2 Å². The molecule has 1 heterocycles. The lowest BCUT2D eigenvalue weighted by Gasteiger charge is -2.34. The molecule has 34 heavy (non-hydrogen) atoms. The summed E-state index contributed by atoms with van der Waals surface area (Å²) in [4.78, 5) is 52.3. The zero-order chi connectivity index (χ0) is 24.7. The SMILES string of the molecule is CCc1ccccc1NC(=O)CN1CCN(C(=O)c2cc(NC(C)=O)cc(NC(C)=O)c2)CC1. The molecule has 2 aromatic rings. The van der Waals surface area contributed by atoms with E-state index in [2.05, 4.69) is 16.0 Å². The summed E-state index contributed by atoms with van der Waals surface area (Å²) in [6.07, 6.45) is 0.837. The summed E-state index contributed by atoms with van der Waals surface area (Å²) in [5.41, 5.74) is 3.16. The first kappa shape index (κ1) is 24.9. The average molecular weight is 466 g/mol. The lowest BCUT2D eigenvalue weighted by atomic mass is 10.1. The van der Waals surface area contributed by atoms with Crippen LogP contribution in [0.2, 0.25) is 0 Å². The lowest BCUT2D eigenvalue weighted by molar-refractivity contribution is -0.117. The topological polar surface area (TPSA) is 111 Å². The van der Waals surface area contributed by atoms with Crippen molar-refractivity contribution in [3.63, 3.8) is 0 Å². The van der Waals surface area contributed by atoms with Crippen molar-refractivity contribution in [1.29, 1.82) is 0 Å². The smallest absolute Gasteiger partial charge is 0.254 e. The minimum Gasteiger partial charge on any atom is -0.336 e. The van der Waals surface area contributed by atoms with E-state index in [1.807, 2.05) is 36.1 Å². The molecule has 3 N–H and O–H groups in total. The van der Waals surface area contributed by atoms with E-state index >= 15 is 0 Å². The number of hydrogen-bond donors (Lipinski definition) is 3. The largest absolute Gasteiger partial charge is 0.336 e. The van der Waals surface area contributed by atoms with Crippen molar-refractivity contribution in [2.45, 2.75) is 27.2 Å². The van der Waals surface area contributed by atoms with Crippen molar-refractivity contribution >= 4 is 40.7 Å². The molecule has 0 spiro atoms. The summed E-state index contributed by atoms with van der Waals surface area (Å²) in [5, 5.41) is 8.30. The molecular formula is C25H31N5O4. The number of benzene rings is 2. The van der Waals surface area contributed by atoms with E-state index in [1.165, 1.54) is 13.8 Å². The number of carbonyl (C=O) groups is 4. The maximum absolute atomic E-state index is 13.1. The molecule has 1 aliphatic heterocycles. The fourth-order valence-corrected chi connectivity index (χ4v) is 3.94. The fraction of sp³-hybridized carbons (Fsp3) is 0.360. The van der Waals surface area contributed by atoms with Crippen molar-refractivity contribution in [2.24, 2.45) is 0 Å². The summed E-state index contributed by atoms with van der Waals surface area (Å²) in [6.45, 7) is 7.13. The predicted molar refractivity (Wildman–Crippen MR) is 132 cm³/mol. The van der Waals surface area contributed by atoms with E-state index in [1.54, 1.807) is 23.1 Å². The molecule has 0 radical (unpaired) electrons. The highest BCUT2D eigenvalue weighted by molar-refractivity contribution is 6.00. The van der Waals surface area contributed by atoms with Crippen LogP contribution in [-0.2, 0) is 20.8 Å². The Hall–Kier alpha value is -3.72. The van der Waals surface area contributed by atoms with Gasteiger partial charge in [0.25, 0.3) is 5.91 Å². The van der Waals surface area contributed by atoms with Gasteiger partial charge in [0.15, 0.2) is 0 Å². The second-order valence-electron chi connectivity index (χ2n) is 8.29. The van der Waals surface area contributed by atoms with Crippen LogP contribution in [0.3, 0.4) is 0 Å². The molecule has 1 aliphatic rings. The van der Waals surface area contributed by atoms with Gasteiger partial charge < -0.3 is 20.9 Å². The van der Waals surface area contributed by atoms with Gasteiger partial charge in [-0.25, -0.2) is 0 Å². The maximum atomic E-state index is 13.1. The Bertz CT molecular complexity index is 1040. The third-order valence-electron chi connectivity index (χ3n) is 5.52. The Labute approximate surface area is 199 Å². The number of anilines is 3. The molecule has 3 rings (SSSR count). The minimum atomic E-state index is -0.271. The Morgan fingerprint density at radius 3 is 1.97 bits per heavy atom. The van der Waals surface area contributed by atoms with Crippen LogP contribution in [0.4, 0.5) is 17.1 Å². The van der Waals surface area contributed by atoms with Gasteiger partial charge in [-0.05, 0) is 36.2 Å². The molecule has 1 fully saturated rings. The van der Waals surface area contributed by atoms with Crippen molar-refractivity contribution in [3.8, 4) is 0 Å². The molecule has 9 nitrogen and oxygen atoms in total. The van der Waals surface area contributed by atoms with Gasteiger partial charge in [-0.2, -0.15) is 0 Å². The minimum absolute atomic E-state index is 0.0800. The number of rotatable bonds is 7. The van der Waals surface area contributed by atoms with E-state index in [0.717, 1.165) is 17.7 Å². The molecule has 2 aromatic carbocycles. The first-order chi connectivity index (χ1) is 16.2. The highest BCUT2D eigenvalue weighted by atomic mass is 16.2. The third-order valence-corrected chi connectivity index (χ3v) is 5.52. The second-order valence-corrected chi connectivity index (χ2v) is 8.29.